The second-order valence-corrected chi connectivity index (χ2v) is 5.00. The Morgan fingerprint density at radius 1 is 1.33 bits per heavy atom. The van der Waals surface area contributed by atoms with E-state index in [1.807, 2.05) is 0 Å². The Morgan fingerprint density at radius 3 is 2.52 bits per heavy atom. The molecule has 1 saturated carbocycles. The van der Waals surface area contributed by atoms with Gasteiger partial charge in [-0.15, -0.1) is 6.42 Å². The quantitative estimate of drug-likeness (QED) is 0.661. The molecule has 0 radical (unpaired) electrons. The minimum Gasteiger partial charge on any atom is -0.455 e. The third-order valence-electron chi connectivity index (χ3n) is 3.72. The SMILES string of the molecule is C#CCNC(=O)COC(=O)C1(c2ccc(F)cc2)CCC1. The Kier molecular flexibility index (Phi) is 4.59. The molecule has 2 rings (SSSR count). The Balaban J connectivity index is 2.00. The lowest BCUT2D eigenvalue weighted by molar-refractivity contribution is -0.157. The molecule has 21 heavy (non-hydrogen) atoms. The highest BCUT2D eigenvalue weighted by molar-refractivity contribution is 5.87. The van der Waals surface area contributed by atoms with Gasteiger partial charge in [0.15, 0.2) is 6.61 Å². The molecule has 1 aliphatic carbocycles. The molecule has 110 valence electrons. The summed E-state index contributed by atoms with van der Waals surface area (Å²) in [4.78, 5) is 23.7. The third kappa shape index (κ3) is 3.22. The van der Waals surface area contributed by atoms with E-state index in [1.165, 1.54) is 12.1 Å². The van der Waals surface area contributed by atoms with Crippen molar-refractivity contribution >= 4 is 11.9 Å². The maximum atomic E-state index is 13.0. The highest BCUT2D eigenvalue weighted by atomic mass is 19.1. The van der Waals surface area contributed by atoms with Crippen LogP contribution in [0.5, 0.6) is 0 Å². The van der Waals surface area contributed by atoms with E-state index in [1.54, 1.807) is 12.1 Å². The fraction of sp³-hybridized carbons (Fsp3) is 0.375. The van der Waals surface area contributed by atoms with Crippen molar-refractivity contribution in [3.05, 3.63) is 35.6 Å². The predicted octanol–water partition coefficient (Wildman–Crippen LogP) is 1.54. The third-order valence-corrected chi connectivity index (χ3v) is 3.72. The molecule has 1 N–H and O–H groups in total. The number of carbonyl (C=O) groups excluding carboxylic acids is 2. The zero-order chi connectivity index (χ0) is 15.3. The molecule has 5 heteroatoms. The molecule has 4 nitrogen and oxygen atoms in total. The number of hydrogen-bond donors (Lipinski definition) is 1. The topological polar surface area (TPSA) is 55.4 Å². The number of rotatable bonds is 5. The number of terminal acetylenes is 1. The minimum absolute atomic E-state index is 0.0967. The van der Waals surface area contributed by atoms with E-state index in [2.05, 4.69) is 11.2 Å². The van der Waals surface area contributed by atoms with Crippen molar-refractivity contribution < 1.29 is 18.7 Å². The predicted molar refractivity (Wildman–Crippen MR) is 74.7 cm³/mol. The van der Waals surface area contributed by atoms with Gasteiger partial charge in [-0.25, -0.2) is 4.39 Å². The van der Waals surface area contributed by atoms with Crippen molar-refractivity contribution in [1.82, 2.24) is 5.32 Å². The second-order valence-electron chi connectivity index (χ2n) is 5.00. The van der Waals surface area contributed by atoms with Crippen molar-refractivity contribution in [3.63, 3.8) is 0 Å². The molecule has 1 amide bonds. The highest BCUT2D eigenvalue weighted by Crippen LogP contribution is 2.44. The molecule has 1 fully saturated rings. The molecule has 1 aromatic carbocycles. The molecule has 0 heterocycles. The number of nitrogens with one attached hydrogen (secondary N) is 1. The zero-order valence-electron chi connectivity index (χ0n) is 11.5. The number of benzene rings is 1. The number of ether oxygens (including phenoxy) is 1. The van der Waals surface area contributed by atoms with Gasteiger partial charge in [0, 0.05) is 0 Å². The maximum absolute atomic E-state index is 13.0. The van der Waals surface area contributed by atoms with Crippen molar-refractivity contribution in [2.24, 2.45) is 0 Å². The minimum atomic E-state index is -0.750. The molecule has 0 aliphatic heterocycles. The summed E-state index contributed by atoms with van der Waals surface area (Å²) in [5, 5.41) is 2.42. The van der Waals surface area contributed by atoms with Crippen LogP contribution < -0.4 is 5.32 Å². The molecule has 0 spiro atoms. The van der Waals surface area contributed by atoms with Crippen molar-refractivity contribution in [2.45, 2.75) is 24.7 Å². The average molecular weight is 289 g/mol. The van der Waals surface area contributed by atoms with Crippen molar-refractivity contribution in [2.75, 3.05) is 13.2 Å². The van der Waals surface area contributed by atoms with Gasteiger partial charge in [0.2, 0.25) is 0 Å². The summed E-state index contributed by atoms with van der Waals surface area (Å²) in [5.74, 6) is 1.03. The second kappa shape index (κ2) is 6.40. The number of carbonyl (C=O) groups is 2. The van der Waals surface area contributed by atoms with Gasteiger partial charge in [0.1, 0.15) is 5.82 Å². The summed E-state index contributed by atoms with van der Waals surface area (Å²) in [6.45, 7) is -0.261. The van der Waals surface area contributed by atoms with Gasteiger partial charge in [-0.2, -0.15) is 0 Å². The highest BCUT2D eigenvalue weighted by Gasteiger charge is 2.47. The Labute approximate surface area is 122 Å². The number of amides is 1. The van der Waals surface area contributed by atoms with Crippen LogP contribution in [0.3, 0.4) is 0 Å². The van der Waals surface area contributed by atoms with Crippen LogP contribution in [-0.4, -0.2) is 25.0 Å². The molecule has 0 saturated heterocycles. The first-order valence-electron chi connectivity index (χ1n) is 6.72. The molecule has 0 bridgehead atoms. The normalized spacial score (nSPS) is 15.4. The van der Waals surface area contributed by atoms with Crippen LogP contribution in [0.2, 0.25) is 0 Å². The van der Waals surface area contributed by atoms with E-state index in [0.717, 1.165) is 12.0 Å². The van der Waals surface area contributed by atoms with E-state index >= 15 is 0 Å². The number of hydrogen-bond acceptors (Lipinski definition) is 3. The van der Waals surface area contributed by atoms with Gasteiger partial charge in [-0.1, -0.05) is 24.5 Å². The van der Waals surface area contributed by atoms with E-state index in [-0.39, 0.29) is 19.0 Å². The summed E-state index contributed by atoms with van der Waals surface area (Å²) in [5.41, 5.74) is -0.0238. The molecule has 1 aromatic rings. The summed E-state index contributed by atoms with van der Waals surface area (Å²) < 4.78 is 18.1. The average Bonchev–Trinajstić information content (AvgIpc) is 2.43. The fourth-order valence-corrected chi connectivity index (χ4v) is 2.38. The van der Waals surface area contributed by atoms with E-state index < -0.39 is 17.3 Å². The monoisotopic (exact) mass is 289 g/mol. The molecule has 1 aliphatic rings. The lowest BCUT2D eigenvalue weighted by atomic mass is 9.64. The molecular weight excluding hydrogens is 273 g/mol. The van der Waals surface area contributed by atoms with Gasteiger partial charge in [0.25, 0.3) is 5.91 Å². The Bertz CT molecular complexity index is 570. The Morgan fingerprint density at radius 2 is 2.00 bits per heavy atom. The van der Waals surface area contributed by atoms with Crippen LogP contribution in [0.15, 0.2) is 24.3 Å². The Hall–Kier alpha value is -2.35. The van der Waals surface area contributed by atoms with Crippen LogP contribution >= 0.6 is 0 Å². The summed E-state index contributed by atoms with van der Waals surface area (Å²) in [6, 6.07) is 5.83. The van der Waals surface area contributed by atoms with Crippen LogP contribution in [0.25, 0.3) is 0 Å². The summed E-state index contributed by atoms with van der Waals surface area (Å²) in [7, 11) is 0. The van der Waals surface area contributed by atoms with Crippen LogP contribution in [0, 0.1) is 18.2 Å². The van der Waals surface area contributed by atoms with E-state index in [0.29, 0.717) is 12.8 Å². The summed E-state index contributed by atoms with van der Waals surface area (Å²) in [6.07, 6.45) is 7.20. The number of halogens is 1. The van der Waals surface area contributed by atoms with Gasteiger partial charge in [-0.05, 0) is 30.5 Å². The van der Waals surface area contributed by atoms with E-state index in [4.69, 9.17) is 11.2 Å². The van der Waals surface area contributed by atoms with Crippen LogP contribution in [0.1, 0.15) is 24.8 Å². The first kappa shape index (κ1) is 15.0. The number of esters is 1. The van der Waals surface area contributed by atoms with Crippen molar-refractivity contribution in [1.29, 1.82) is 0 Å². The maximum Gasteiger partial charge on any atom is 0.317 e. The molecular formula is C16H16FNO3. The van der Waals surface area contributed by atoms with Gasteiger partial charge >= 0.3 is 5.97 Å². The summed E-state index contributed by atoms with van der Waals surface area (Å²) >= 11 is 0. The standard InChI is InChI=1S/C16H16FNO3/c1-2-10-18-14(19)11-21-15(20)16(8-3-9-16)12-4-6-13(17)7-5-12/h1,4-7H,3,8-11H2,(H,18,19). The molecule has 0 atom stereocenters. The molecule has 0 unspecified atom stereocenters. The lowest BCUT2D eigenvalue weighted by Gasteiger charge is -2.39. The van der Waals surface area contributed by atoms with E-state index in [9.17, 15) is 14.0 Å². The van der Waals surface area contributed by atoms with Gasteiger partial charge in [0.05, 0.1) is 12.0 Å². The first-order chi connectivity index (χ1) is 10.1. The van der Waals surface area contributed by atoms with Gasteiger partial charge in [-0.3, -0.25) is 9.59 Å². The zero-order valence-corrected chi connectivity index (χ0v) is 11.5. The van der Waals surface area contributed by atoms with Crippen LogP contribution in [-0.2, 0) is 19.7 Å². The largest absolute Gasteiger partial charge is 0.455 e. The lowest BCUT2D eigenvalue weighted by Crippen LogP contribution is -2.44. The van der Waals surface area contributed by atoms with Crippen molar-refractivity contribution in [3.8, 4) is 12.3 Å². The smallest absolute Gasteiger partial charge is 0.317 e. The van der Waals surface area contributed by atoms with Crippen LogP contribution in [0.4, 0.5) is 4.39 Å². The van der Waals surface area contributed by atoms with Gasteiger partial charge < -0.3 is 10.1 Å². The first-order valence-corrected chi connectivity index (χ1v) is 6.72. The fourth-order valence-electron chi connectivity index (χ4n) is 2.38. The molecule has 0 aromatic heterocycles.